The summed E-state index contributed by atoms with van der Waals surface area (Å²) in [6.45, 7) is 19.9. The predicted octanol–water partition coefficient (Wildman–Crippen LogP) is 4.92. The second-order valence-electron chi connectivity index (χ2n) is 7.17. The van der Waals surface area contributed by atoms with E-state index in [1.807, 2.05) is 0 Å². The van der Waals surface area contributed by atoms with Crippen LogP contribution in [0.2, 0.25) is 19.6 Å². The van der Waals surface area contributed by atoms with Crippen LogP contribution in [0.4, 0.5) is 0 Å². The molecule has 0 aliphatic rings. The third-order valence-electron chi connectivity index (χ3n) is 3.19. The molecular formula is C16H27OSi. The average molecular weight is 263 g/mol. The summed E-state index contributed by atoms with van der Waals surface area (Å²) in [6, 6.07) is 3.46. The molecule has 0 unspecified atom stereocenters. The number of hydrogen-bond acceptors (Lipinski definition) is 1. The number of benzene rings is 1. The highest BCUT2D eigenvalue weighted by Crippen LogP contribution is 2.37. The van der Waals surface area contributed by atoms with Gasteiger partial charge in [-0.2, -0.15) is 0 Å². The van der Waals surface area contributed by atoms with Gasteiger partial charge in [0.1, 0.15) is 5.75 Å². The first-order valence-electron chi connectivity index (χ1n) is 6.66. The van der Waals surface area contributed by atoms with Crippen LogP contribution >= 0.6 is 0 Å². The highest BCUT2D eigenvalue weighted by atomic mass is 28.4. The Labute approximate surface area is 114 Å². The van der Waals surface area contributed by atoms with Crippen molar-refractivity contribution in [3.8, 4) is 5.75 Å². The lowest BCUT2D eigenvalue weighted by Crippen LogP contribution is -2.31. The molecule has 0 N–H and O–H groups in total. The normalized spacial score (nSPS) is 12.7. The largest absolute Gasteiger partial charge is 0.544 e. The number of hydrogen-bond donors (Lipinski definition) is 0. The topological polar surface area (TPSA) is 9.23 Å². The van der Waals surface area contributed by atoms with Gasteiger partial charge in [0.05, 0.1) is 0 Å². The third kappa shape index (κ3) is 3.38. The molecule has 0 aliphatic carbocycles. The molecule has 18 heavy (non-hydrogen) atoms. The quantitative estimate of drug-likeness (QED) is 0.688. The monoisotopic (exact) mass is 263 g/mol. The van der Waals surface area contributed by atoms with Gasteiger partial charge in [-0.1, -0.05) is 20.8 Å². The minimum absolute atomic E-state index is 0.0913. The van der Waals surface area contributed by atoms with Gasteiger partial charge in [-0.05, 0) is 62.5 Å². The minimum Gasteiger partial charge on any atom is -0.544 e. The first-order chi connectivity index (χ1) is 7.93. The standard InChI is InChI=1S/C16H27OSi/c1-11-10-14(17-18(7,8)9)15(16(4,5)6)13(3)12(11)2/h1-9H3. The molecule has 101 valence electrons. The fourth-order valence-corrected chi connectivity index (χ4v) is 3.02. The van der Waals surface area contributed by atoms with Gasteiger partial charge in [0, 0.05) is 11.6 Å². The summed E-state index contributed by atoms with van der Waals surface area (Å²) < 4.78 is 6.26. The molecule has 0 aromatic heterocycles. The van der Waals surface area contributed by atoms with Gasteiger partial charge in [-0.15, -0.1) is 0 Å². The molecule has 2 heteroatoms. The van der Waals surface area contributed by atoms with Crippen LogP contribution in [0.3, 0.4) is 0 Å². The van der Waals surface area contributed by atoms with Crippen molar-refractivity contribution >= 4 is 8.32 Å². The summed E-state index contributed by atoms with van der Waals surface area (Å²) in [5.41, 5.74) is 5.30. The van der Waals surface area contributed by atoms with E-state index in [1.54, 1.807) is 0 Å². The van der Waals surface area contributed by atoms with Gasteiger partial charge in [0.15, 0.2) is 0 Å². The van der Waals surface area contributed by atoms with Gasteiger partial charge >= 0.3 is 0 Å². The molecule has 0 saturated carbocycles. The summed E-state index contributed by atoms with van der Waals surface area (Å²) in [7, 11) is -1.60. The lowest BCUT2D eigenvalue weighted by Gasteiger charge is -2.30. The molecule has 1 aromatic rings. The van der Waals surface area contributed by atoms with Crippen molar-refractivity contribution in [3.05, 3.63) is 28.3 Å². The summed E-state index contributed by atoms with van der Waals surface area (Å²) in [5, 5.41) is 0. The van der Waals surface area contributed by atoms with Crippen LogP contribution in [0.1, 0.15) is 43.0 Å². The molecule has 1 nitrogen and oxygen atoms in total. The van der Waals surface area contributed by atoms with Crippen LogP contribution in [0.25, 0.3) is 0 Å². The molecule has 0 aliphatic heterocycles. The lowest BCUT2D eigenvalue weighted by molar-refractivity contribution is 0.503. The van der Waals surface area contributed by atoms with E-state index < -0.39 is 8.32 Å². The van der Waals surface area contributed by atoms with Gasteiger partial charge in [-0.25, -0.2) is 0 Å². The maximum atomic E-state index is 6.26. The van der Waals surface area contributed by atoms with E-state index in [2.05, 4.69) is 67.2 Å². The molecule has 0 atom stereocenters. The Balaban J connectivity index is 3.50. The van der Waals surface area contributed by atoms with Gasteiger partial charge in [0.2, 0.25) is 8.32 Å². The zero-order valence-corrected chi connectivity index (χ0v) is 14.4. The molecule has 0 heterocycles. The Bertz CT molecular complexity index is 448. The van der Waals surface area contributed by atoms with E-state index in [4.69, 9.17) is 4.43 Å². The van der Waals surface area contributed by atoms with E-state index in [9.17, 15) is 0 Å². The summed E-state index contributed by atoms with van der Waals surface area (Å²) >= 11 is 0. The molecular weight excluding hydrogens is 236 g/mol. The maximum absolute atomic E-state index is 6.26. The Morgan fingerprint density at radius 2 is 1.44 bits per heavy atom. The molecule has 0 fully saturated rings. The number of rotatable bonds is 2. The first-order valence-corrected chi connectivity index (χ1v) is 10.1. The first kappa shape index (κ1) is 15.3. The zero-order chi connectivity index (χ0) is 14.3. The molecule has 1 radical (unpaired) electrons. The van der Waals surface area contributed by atoms with E-state index >= 15 is 0 Å². The van der Waals surface area contributed by atoms with Crippen LogP contribution in [0.5, 0.6) is 5.75 Å². The van der Waals surface area contributed by atoms with Crippen molar-refractivity contribution in [1.29, 1.82) is 0 Å². The van der Waals surface area contributed by atoms with E-state index in [0.29, 0.717) is 0 Å². The highest BCUT2D eigenvalue weighted by Gasteiger charge is 2.26. The van der Waals surface area contributed by atoms with Crippen molar-refractivity contribution in [2.45, 2.75) is 66.6 Å². The van der Waals surface area contributed by atoms with E-state index in [-0.39, 0.29) is 5.41 Å². The Hall–Kier alpha value is -0.763. The second-order valence-corrected chi connectivity index (χ2v) is 11.6. The Morgan fingerprint density at radius 1 is 0.944 bits per heavy atom. The smallest absolute Gasteiger partial charge is 0.242 e. The summed E-state index contributed by atoms with van der Waals surface area (Å²) in [6.07, 6.45) is 0. The van der Waals surface area contributed by atoms with Crippen LogP contribution in [0.15, 0.2) is 0 Å². The molecule has 0 saturated heterocycles. The Morgan fingerprint density at radius 3 is 1.83 bits per heavy atom. The molecule has 0 bridgehead atoms. The molecule has 1 aromatic carbocycles. The number of aryl methyl sites for hydroxylation is 1. The van der Waals surface area contributed by atoms with Crippen LogP contribution in [-0.2, 0) is 5.41 Å². The molecule has 1 rings (SSSR count). The minimum atomic E-state index is -1.60. The molecule has 0 amide bonds. The van der Waals surface area contributed by atoms with Gasteiger partial charge in [0.25, 0.3) is 0 Å². The van der Waals surface area contributed by atoms with Crippen molar-refractivity contribution in [1.82, 2.24) is 0 Å². The van der Waals surface area contributed by atoms with Gasteiger partial charge < -0.3 is 4.43 Å². The summed E-state index contributed by atoms with van der Waals surface area (Å²) in [5.74, 6) is 0.974. The van der Waals surface area contributed by atoms with Crippen LogP contribution in [0, 0.1) is 26.8 Å². The fraction of sp³-hybridized carbons (Fsp3) is 0.625. The summed E-state index contributed by atoms with van der Waals surface area (Å²) in [4.78, 5) is 0. The SMILES string of the molecule is Cc1[c]c(O[Si](C)(C)C)c(C(C)(C)C)c(C)c1C. The van der Waals surface area contributed by atoms with E-state index in [1.165, 1.54) is 22.3 Å². The van der Waals surface area contributed by atoms with Crippen molar-refractivity contribution in [2.24, 2.45) is 0 Å². The maximum Gasteiger partial charge on any atom is 0.242 e. The zero-order valence-electron chi connectivity index (χ0n) is 13.4. The van der Waals surface area contributed by atoms with Crippen molar-refractivity contribution in [3.63, 3.8) is 0 Å². The highest BCUT2D eigenvalue weighted by molar-refractivity contribution is 6.70. The average Bonchev–Trinajstić information content (AvgIpc) is 2.09. The van der Waals surface area contributed by atoms with Crippen molar-refractivity contribution < 1.29 is 4.43 Å². The lowest BCUT2D eigenvalue weighted by atomic mass is 9.81. The van der Waals surface area contributed by atoms with Crippen LogP contribution < -0.4 is 4.43 Å². The molecule has 0 spiro atoms. The fourth-order valence-electron chi connectivity index (χ4n) is 2.25. The second kappa shape index (κ2) is 4.73. The predicted molar refractivity (Wildman–Crippen MR) is 82.2 cm³/mol. The third-order valence-corrected chi connectivity index (χ3v) is 4.00. The van der Waals surface area contributed by atoms with Crippen molar-refractivity contribution in [2.75, 3.05) is 0 Å². The van der Waals surface area contributed by atoms with Gasteiger partial charge in [-0.3, -0.25) is 0 Å². The van der Waals surface area contributed by atoms with E-state index in [0.717, 1.165) is 5.75 Å². The van der Waals surface area contributed by atoms with Crippen LogP contribution in [-0.4, -0.2) is 8.32 Å². The Kier molecular flexibility index (Phi) is 4.02.